The van der Waals surface area contributed by atoms with Gasteiger partial charge in [0.25, 0.3) is 0 Å². The number of carbonyl (C=O) groups is 3. The van der Waals surface area contributed by atoms with Crippen LogP contribution >= 0.6 is 0 Å². The monoisotopic (exact) mass is 322 g/mol. The summed E-state index contributed by atoms with van der Waals surface area (Å²) in [5.41, 5.74) is 3.09. The Labute approximate surface area is 139 Å². The molecule has 0 radical (unpaired) electrons. The molecule has 1 aromatic rings. The fourth-order valence-electron chi connectivity index (χ4n) is 4.22. The van der Waals surface area contributed by atoms with Gasteiger partial charge in [0.05, 0.1) is 11.1 Å². The first-order chi connectivity index (χ1) is 11.3. The summed E-state index contributed by atoms with van der Waals surface area (Å²) >= 11 is 0. The normalized spacial score (nSPS) is 26.3. The van der Waals surface area contributed by atoms with Gasteiger partial charge in [-0.2, -0.15) is 0 Å². The largest absolute Gasteiger partial charge is 0.457 e. The summed E-state index contributed by atoms with van der Waals surface area (Å²) in [6.07, 6.45) is 3.11. The fourth-order valence-corrected chi connectivity index (χ4v) is 4.22. The van der Waals surface area contributed by atoms with Gasteiger partial charge in [-0.15, -0.1) is 0 Å². The van der Waals surface area contributed by atoms with Crippen molar-refractivity contribution in [2.75, 3.05) is 0 Å². The molecular formula is C20H18O4. The summed E-state index contributed by atoms with van der Waals surface area (Å²) in [6, 6.07) is 1.55. The second kappa shape index (κ2) is 4.53. The van der Waals surface area contributed by atoms with Gasteiger partial charge in [0.1, 0.15) is 5.76 Å². The first kappa shape index (κ1) is 15.1. The van der Waals surface area contributed by atoms with Crippen LogP contribution < -0.4 is 0 Å². The van der Waals surface area contributed by atoms with E-state index in [1.165, 1.54) is 5.57 Å². The summed E-state index contributed by atoms with van der Waals surface area (Å²) in [5, 5.41) is 0. The Kier molecular flexibility index (Phi) is 2.84. The van der Waals surface area contributed by atoms with Crippen molar-refractivity contribution in [2.45, 2.75) is 40.5 Å². The van der Waals surface area contributed by atoms with Crippen LogP contribution in [0.3, 0.4) is 0 Å². The van der Waals surface area contributed by atoms with Crippen molar-refractivity contribution in [2.24, 2.45) is 5.41 Å². The topological polar surface area (TPSA) is 64.3 Å². The number of furan rings is 1. The zero-order valence-corrected chi connectivity index (χ0v) is 14.2. The van der Waals surface area contributed by atoms with E-state index in [1.807, 2.05) is 20.8 Å². The molecule has 0 fully saturated rings. The molecule has 0 saturated heterocycles. The summed E-state index contributed by atoms with van der Waals surface area (Å²) in [4.78, 5) is 38.6. The van der Waals surface area contributed by atoms with Crippen molar-refractivity contribution >= 4 is 17.3 Å². The highest BCUT2D eigenvalue weighted by Crippen LogP contribution is 2.53. The smallest absolute Gasteiger partial charge is 0.226 e. The summed E-state index contributed by atoms with van der Waals surface area (Å²) < 4.78 is 5.50. The number of ketones is 3. The van der Waals surface area contributed by atoms with Gasteiger partial charge in [0.15, 0.2) is 11.5 Å². The highest BCUT2D eigenvalue weighted by Gasteiger charge is 2.51. The zero-order valence-electron chi connectivity index (χ0n) is 14.2. The van der Waals surface area contributed by atoms with Gasteiger partial charge in [-0.3, -0.25) is 14.4 Å². The zero-order chi connectivity index (χ0) is 17.4. The molecule has 1 unspecified atom stereocenters. The van der Waals surface area contributed by atoms with Gasteiger partial charge in [0, 0.05) is 11.0 Å². The molecule has 0 amide bonds. The molecular weight excluding hydrogens is 304 g/mol. The standard InChI is InChI=1S/C20H18O4/c1-9-5-6-20(4)13(11(9)3)8-14(21)15-16(20)18(23)19-12(17(15)22)7-10(2)24-19/h7-8H,5-6H2,1-4H3. The number of carbonyl (C=O) groups excluding carboxylic acids is 3. The third-order valence-electron chi connectivity index (χ3n) is 5.72. The molecule has 122 valence electrons. The van der Waals surface area contributed by atoms with Crippen molar-refractivity contribution in [3.8, 4) is 0 Å². The maximum atomic E-state index is 13.1. The third-order valence-corrected chi connectivity index (χ3v) is 5.72. The van der Waals surface area contributed by atoms with Crippen LogP contribution in [0, 0.1) is 12.3 Å². The summed E-state index contributed by atoms with van der Waals surface area (Å²) in [6.45, 7) is 7.69. The molecule has 4 heteroatoms. The molecule has 1 aromatic heterocycles. The molecule has 0 aliphatic heterocycles. The van der Waals surface area contributed by atoms with Crippen LogP contribution in [0.2, 0.25) is 0 Å². The third kappa shape index (κ3) is 1.66. The van der Waals surface area contributed by atoms with Crippen LogP contribution in [0.25, 0.3) is 0 Å². The van der Waals surface area contributed by atoms with Gasteiger partial charge in [0.2, 0.25) is 11.6 Å². The van der Waals surface area contributed by atoms with E-state index in [4.69, 9.17) is 4.42 Å². The van der Waals surface area contributed by atoms with Crippen molar-refractivity contribution in [3.63, 3.8) is 0 Å². The van der Waals surface area contributed by atoms with Crippen LogP contribution in [-0.4, -0.2) is 17.3 Å². The number of allylic oxidation sites excluding steroid dienone is 6. The second-order valence-corrected chi connectivity index (χ2v) is 7.17. The Hall–Kier alpha value is -2.49. The molecule has 0 spiro atoms. The molecule has 0 bridgehead atoms. The molecule has 0 saturated carbocycles. The lowest BCUT2D eigenvalue weighted by molar-refractivity contribution is -0.111. The minimum atomic E-state index is -0.613. The average molecular weight is 322 g/mol. The minimum absolute atomic E-state index is 0.0342. The van der Waals surface area contributed by atoms with Crippen LogP contribution in [0.4, 0.5) is 0 Å². The Morgan fingerprint density at radius 1 is 1.08 bits per heavy atom. The van der Waals surface area contributed by atoms with E-state index in [-0.39, 0.29) is 34.2 Å². The molecule has 3 aliphatic rings. The molecule has 4 rings (SSSR count). The Bertz CT molecular complexity index is 948. The number of Topliss-reactive ketones (excluding diaryl/α,β-unsaturated/α-hetero) is 2. The van der Waals surface area contributed by atoms with E-state index in [9.17, 15) is 14.4 Å². The fraction of sp³-hybridized carbons (Fsp3) is 0.350. The van der Waals surface area contributed by atoms with E-state index in [2.05, 4.69) is 0 Å². The Morgan fingerprint density at radius 3 is 2.50 bits per heavy atom. The maximum Gasteiger partial charge on any atom is 0.226 e. The second-order valence-electron chi connectivity index (χ2n) is 7.17. The van der Waals surface area contributed by atoms with Gasteiger partial charge < -0.3 is 4.42 Å². The number of hydrogen-bond acceptors (Lipinski definition) is 4. The average Bonchev–Trinajstić information content (AvgIpc) is 2.92. The predicted molar refractivity (Wildman–Crippen MR) is 87.9 cm³/mol. The van der Waals surface area contributed by atoms with Gasteiger partial charge >= 0.3 is 0 Å². The molecule has 0 N–H and O–H groups in total. The summed E-state index contributed by atoms with van der Waals surface area (Å²) in [7, 11) is 0. The minimum Gasteiger partial charge on any atom is -0.457 e. The molecule has 3 aliphatic carbocycles. The van der Waals surface area contributed by atoms with Crippen molar-refractivity contribution < 1.29 is 18.8 Å². The van der Waals surface area contributed by atoms with Crippen molar-refractivity contribution in [1.82, 2.24) is 0 Å². The lowest BCUT2D eigenvalue weighted by Gasteiger charge is -2.42. The van der Waals surface area contributed by atoms with Gasteiger partial charge in [-0.25, -0.2) is 0 Å². The number of aryl methyl sites for hydroxylation is 1. The van der Waals surface area contributed by atoms with Crippen molar-refractivity contribution in [1.29, 1.82) is 0 Å². The van der Waals surface area contributed by atoms with E-state index < -0.39 is 5.41 Å². The summed E-state index contributed by atoms with van der Waals surface area (Å²) in [5.74, 6) is -0.490. The van der Waals surface area contributed by atoms with Gasteiger partial charge in [-0.1, -0.05) is 12.5 Å². The first-order valence-corrected chi connectivity index (χ1v) is 8.13. The molecule has 0 aromatic carbocycles. The van der Waals surface area contributed by atoms with E-state index in [1.54, 1.807) is 19.1 Å². The lowest BCUT2D eigenvalue weighted by Crippen LogP contribution is -2.40. The number of hydrogen-bond donors (Lipinski definition) is 0. The quantitative estimate of drug-likeness (QED) is 0.679. The first-order valence-electron chi connectivity index (χ1n) is 8.13. The highest BCUT2D eigenvalue weighted by molar-refractivity contribution is 6.39. The van der Waals surface area contributed by atoms with Gasteiger partial charge in [-0.05, 0) is 56.9 Å². The molecule has 1 heterocycles. The number of fused-ring (bicyclic) bond motifs is 3. The Morgan fingerprint density at radius 2 is 1.79 bits per heavy atom. The number of rotatable bonds is 0. The Balaban J connectivity index is 2.00. The predicted octanol–water partition coefficient (Wildman–Crippen LogP) is 3.91. The van der Waals surface area contributed by atoms with Crippen LogP contribution in [0.5, 0.6) is 0 Å². The van der Waals surface area contributed by atoms with Crippen molar-refractivity contribution in [3.05, 3.63) is 57.1 Å². The SMILES string of the molecule is CC1=C(C)C2=CC(=O)C3=C(C(=O)c4oc(C)cc4C3=O)C2(C)CC1. The van der Waals surface area contributed by atoms with E-state index >= 15 is 0 Å². The maximum absolute atomic E-state index is 13.1. The molecule has 24 heavy (non-hydrogen) atoms. The van der Waals surface area contributed by atoms with E-state index in [0.717, 1.165) is 17.6 Å². The highest BCUT2D eigenvalue weighted by atomic mass is 16.3. The van der Waals surface area contributed by atoms with E-state index in [0.29, 0.717) is 17.8 Å². The van der Waals surface area contributed by atoms with Crippen LogP contribution in [-0.2, 0) is 4.79 Å². The van der Waals surface area contributed by atoms with Crippen LogP contribution in [0.1, 0.15) is 60.3 Å². The molecule has 1 atom stereocenters. The lowest BCUT2D eigenvalue weighted by atomic mass is 9.59. The van der Waals surface area contributed by atoms with Crippen LogP contribution in [0.15, 0.2) is 44.4 Å². The molecule has 4 nitrogen and oxygen atoms in total.